The summed E-state index contributed by atoms with van der Waals surface area (Å²) in [5.41, 5.74) is -2.69. The molecule has 11 heteroatoms. The lowest BCUT2D eigenvalue weighted by Gasteiger charge is -2.44. The van der Waals surface area contributed by atoms with E-state index in [0.29, 0.717) is 0 Å². The lowest BCUT2D eigenvalue weighted by atomic mass is 9.86. The Hall–Kier alpha value is -1.34. The van der Waals surface area contributed by atoms with Gasteiger partial charge in [-0.3, -0.25) is 0 Å². The zero-order valence-corrected chi connectivity index (χ0v) is 13.7. The SMILES string of the molecule is CC(C)CC(OC1OC(CO)C(O)C(O)C1O)(C(=O)O)C(O)C(=O)O. The molecule has 0 aromatic rings. The van der Waals surface area contributed by atoms with Gasteiger partial charge in [0.1, 0.15) is 24.4 Å². The number of hydrogen-bond donors (Lipinski definition) is 7. The molecule has 7 N–H and O–H groups in total. The minimum Gasteiger partial charge on any atom is -0.479 e. The second-order valence-electron chi connectivity index (χ2n) is 6.35. The summed E-state index contributed by atoms with van der Waals surface area (Å²) >= 11 is 0. The van der Waals surface area contributed by atoms with Crippen molar-refractivity contribution >= 4 is 11.9 Å². The van der Waals surface area contributed by atoms with E-state index in [0.717, 1.165) is 0 Å². The van der Waals surface area contributed by atoms with Crippen LogP contribution in [0.15, 0.2) is 0 Å². The van der Waals surface area contributed by atoms with Gasteiger partial charge in [0.25, 0.3) is 0 Å². The fourth-order valence-corrected chi connectivity index (χ4v) is 2.66. The molecule has 1 aliphatic heterocycles. The van der Waals surface area contributed by atoms with E-state index >= 15 is 0 Å². The van der Waals surface area contributed by atoms with E-state index in [2.05, 4.69) is 0 Å². The molecule has 0 aliphatic carbocycles. The third-order valence-electron chi connectivity index (χ3n) is 3.92. The summed E-state index contributed by atoms with van der Waals surface area (Å²) in [5.74, 6) is -4.12. The molecule has 0 bridgehead atoms. The number of aliphatic hydroxyl groups is 5. The van der Waals surface area contributed by atoms with Crippen LogP contribution in [0.3, 0.4) is 0 Å². The van der Waals surface area contributed by atoms with Crippen LogP contribution in [0.25, 0.3) is 0 Å². The molecule has 1 fully saturated rings. The molecule has 7 unspecified atom stereocenters. The highest BCUT2D eigenvalue weighted by molar-refractivity contribution is 5.87. The zero-order valence-electron chi connectivity index (χ0n) is 13.7. The molecule has 1 rings (SSSR count). The Morgan fingerprint density at radius 3 is 2.08 bits per heavy atom. The summed E-state index contributed by atoms with van der Waals surface area (Å²) in [6, 6.07) is 0. The van der Waals surface area contributed by atoms with Gasteiger partial charge < -0.3 is 45.2 Å². The van der Waals surface area contributed by atoms with Crippen molar-refractivity contribution in [2.75, 3.05) is 6.61 Å². The highest BCUT2D eigenvalue weighted by Gasteiger charge is 2.55. The van der Waals surface area contributed by atoms with Crippen LogP contribution in [-0.2, 0) is 19.1 Å². The van der Waals surface area contributed by atoms with Crippen LogP contribution in [0.4, 0.5) is 0 Å². The largest absolute Gasteiger partial charge is 0.479 e. The normalized spacial score (nSPS) is 33.7. The maximum absolute atomic E-state index is 11.7. The molecule has 11 nitrogen and oxygen atoms in total. The van der Waals surface area contributed by atoms with Crippen LogP contribution in [0.2, 0.25) is 0 Å². The third-order valence-corrected chi connectivity index (χ3v) is 3.92. The molecule has 1 saturated heterocycles. The van der Waals surface area contributed by atoms with Gasteiger partial charge in [-0.15, -0.1) is 0 Å². The summed E-state index contributed by atoms with van der Waals surface area (Å²) < 4.78 is 10.2. The van der Waals surface area contributed by atoms with Gasteiger partial charge in [-0.05, 0) is 12.3 Å². The van der Waals surface area contributed by atoms with Crippen molar-refractivity contribution in [2.24, 2.45) is 5.92 Å². The van der Waals surface area contributed by atoms with Crippen molar-refractivity contribution in [3.63, 3.8) is 0 Å². The number of carboxylic acid groups (broad SMARTS) is 2. The van der Waals surface area contributed by atoms with E-state index in [-0.39, 0.29) is 0 Å². The van der Waals surface area contributed by atoms with E-state index in [4.69, 9.17) is 19.7 Å². The molecule has 146 valence electrons. The predicted octanol–water partition coefficient (Wildman–Crippen LogP) is -2.88. The Morgan fingerprint density at radius 1 is 1.12 bits per heavy atom. The second-order valence-corrected chi connectivity index (χ2v) is 6.35. The molecule has 0 amide bonds. The molecule has 0 aromatic heterocycles. The molecule has 0 spiro atoms. The number of rotatable bonds is 8. The van der Waals surface area contributed by atoms with Crippen molar-refractivity contribution < 1.29 is 54.8 Å². The van der Waals surface area contributed by atoms with Crippen molar-refractivity contribution in [3.8, 4) is 0 Å². The highest BCUT2D eigenvalue weighted by atomic mass is 16.7. The summed E-state index contributed by atoms with van der Waals surface area (Å²) in [4.78, 5) is 22.9. The maximum atomic E-state index is 11.7. The van der Waals surface area contributed by atoms with E-state index < -0.39 is 73.3 Å². The van der Waals surface area contributed by atoms with E-state index in [1.807, 2.05) is 0 Å². The minimum absolute atomic E-state index is 0.435. The van der Waals surface area contributed by atoms with Gasteiger partial charge in [0.15, 0.2) is 12.4 Å². The molecule has 25 heavy (non-hydrogen) atoms. The van der Waals surface area contributed by atoms with E-state index in [1.54, 1.807) is 13.8 Å². The van der Waals surface area contributed by atoms with Crippen molar-refractivity contribution in [2.45, 2.75) is 62.7 Å². The molecule has 1 aliphatic rings. The third kappa shape index (κ3) is 4.44. The topological polar surface area (TPSA) is 194 Å². The first-order valence-electron chi connectivity index (χ1n) is 7.60. The number of hydrogen-bond acceptors (Lipinski definition) is 9. The van der Waals surface area contributed by atoms with Gasteiger partial charge in [0.05, 0.1) is 6.61 Å². The molecule has 0 aromatic carbocycles. The van der Waals surface area contributed by atoms with Crippen LogP contribution >= 0.6 is 0 Å². The lowest BCUT2D eigenvalue weighted by molar-refractivity contribution is -0.333. The Balaban J connectivity index is 3.23. The van der Waals surface area contributed by atoms with Crippen LogP contribution in [0.5, 0.6) is 0 Å². The number of aliphatic hydroxyl groups excluding tert-OH is 5. The number of carboxylic acids is 2. The lowest BCUT2D eigenvalue weighted by Crippen LogP contribution is -2.64. The molecule has 7 atom stereocenters. The molecule has 1 heterocycles. The van der Waals surface area contributed by atoms with Gasteiger partial charge in [-0.2, -0.15) is 0 Å². The predicted molar refractivity (Wildman–Crippen MR) is 78.3 cm³/mol. The first-order valence-corrected chi connectivity index (χ1v) is 7.60. The average Bonchev–Trinajstić information content (AvgIpc) is 2.52. The fourth-order valence-electron chi connectivity index (χ4n) is 2.66. The summed E-state index contributed by atoms with van der Waals surface area (Å²) in [7, 11) is 0. The summed E-state index contributed by atoms with van der Waals surface area (Å²) in [6.07, 6.45) is -11.7. The van der Waals surface area contributed by atoms with E-state index in [1.165, 1.54) is 0 Å². The Labute approximate surface area is 143 Å². The van der Waals surface area contributed by atoms with Crippen molar-refractivity contribution in [3.05, 3.63) is 0 Å². The minimum atomic E-state index is -2.69. The highest BCUT2D eigenvalue weighted by Crippen LogP contribution is 2.32. The average molecular weight is 368 g/mol. The van der Waals surface area contributed by atoms with Crippen molar-refractivity contribution in [1.29, 1.82) is 0 Å². The Morgan fingerprint density at radius 2 is 1.68 bits per heavy atom. The monoisotopic (exact) mass is 368 g/mol. The van der Waals surface area contributed by atoms with Gasteiger partial charge in [-0.1, -0.05) is 13.8 Å². The molecule has 0 saturated carbocycles. The van der Waals surface area contributed by atoms with E-state index in [9.17, 15) is 35.1 Å². The van der Waals surface area contributed by atoms with Crippen LogP contribution in [0, 0.1) is 5.92 Å². The Kier molecular flexibility index (Phi) is 7.26. The van der Waals surface area contributed by atoms with Crippen molar-refractivity contribution in [1.82, 2.24) is 0 Å². The van der Waals surface area contributed by atoms with Gasteiger partial charge in [0.2, 0.25) is 5.60 Å². The first kappa shape index (κ1) is 21.7. The molecular formula is C14H24O11. The van der Waals surface area contributed by atoms with Gasteiger partial charge >= 0.3 is 11.9 Å². The quantitative estimate of drug-likeness (QED) is 0.232. The standard InChI is InChI=1S/C14H24O11/c1-5(2)3-14(13(22)23,10(19)11(20)21)25-12-9(18)8(17)7(16)6(4-15)24-12/h5-10,12,15-19H,3-4H2,1-2H3,(H,20,21)(H,22,23). The maximum Gasteiger partial charge on any atom is 0.339 e. The fraction of sp³-hybridized carbons (Fsp3) is 0.857. The summed E-state index contributed by atoms with van der Waals surface area (Å²) in [6.45, 7) is 2.34. The van der Waals surface area contributed by atoms with Gasteiger partial charge in [0, 0.05) is 0 Å². The van der Waals surface area contributed by atoms with Crippen LogP contribution in [0.1, 0.15) is 20.3 Å². The second kappa shape index (κ2) is 8.36. The number of carbonyl (C=O) groups is 2. The molecular weight excluding hydrogens is 344 g/mol. The zero-order chi connectivity index (χ0) is 19.5. The number of aliphatic carboxylic acids is 2. The number of ether oxygens (including phenoxy) is 2. The smallest absolute Gasteiger partial charge is 0.339 e. The molecule has 0 radical (unpaired) electrons. The first-order chi connectivity index (χ1) is 11.5. The summed E-state index contributed by atoms with van der Waals surface area (Å²) in [5, 5.41) is 67.0. The van der Waals surface area contributed by atoms with Gasteiger partial charge in [-0.25, -0.2) is 9.59 Å². The van der Waals surface area contributed by atoms with Crippen LogP contribution < -0.4 is 0 Å². The Bertz CT molecular complexity index is 479. The van der Waals surface area contributed by atoms with Crippen LogP contribution in [-0.4, -0.2) is 96.7 Å².